The van der Waals surface area contributed by atoms with E-state index in [9.17, 15) is 4.79 Å². The summed E-state index contributed by atoms with van der Waals surface area (Å²) in [6.07, 6.45) is 1.99. The molecule has 0 N–H and O–H groups in total. The standard InChI is InChI=1S/C10H22O3Si/c1-6-7-8-13-10(11)9(2)14(4,5)12-3/h9H,6-8H2,1-5H3. The second kappa shape index (κ2) is 6.19. The summed E-state index contributed by atoms with van der Waals surface area (Å²) >= 11 is 0. The maximum absolute atomic E-state index is 11.6. The first-order valence-corrected chi connectivity index (χ1v) is 8.16. The fourth-order valence-corrected chi connectivity index (χ4v) is 1.91. The molecule has 84 valence electrons. The van der Waals surface area contributed by atoms with E-state index in [1.54, 1.807) is 7.11 Å². The first-order chi connectivity index (χ1) is 6.45. The molecule has 0 spiro atoms. The molecular formula is C10H22O3Si. The fourth-order valence-electron chi connectivity index (χ4n) is 0.903. The molecule has 0 radical (unpaired) electrons. The number of unbranched alkanes of at least 4 members (excludes halogenated alkanes) is 1. The van der Waals surface area contributed by atoms with Gasteiger partial charge < -0.3 is 9.16 Å². The summed E-state index contributed by atoms with van der Waals surface area (Å²) in [4.78, 5) is 11.6. The van der Waals surface area contributed by atoms with Gasteiger partial charge in [0.1, 0.15) is 0 Å². The van der Waals surface area contributed by atoms with Crippen molar-refractivity contribution in [1.82, 2.24) is 0 Å². The van der Waals surface area contributed by atoms with Crippen LogP contribution in [-0.4, -0.2) is 28.0 Å². The third-order valence-corrected chi connectivity index (χ3v) is 6.04. The Hall–Kier alpha value is -0.353. The van der Waals surface area contributed by atoms with E-state index in [1.807, 2.05) is 20.0 Å². The van der Waals surface area contributed by atoms with Crippen molar-refractivity contribution in [3.05, 3.63) is 0 Å². The predicted octanol–water partition coefficient (Wildman–Crippen LogP) is 2.57. The SMILES string of the molecule is CCCCOC(=O)C(C)[Si](C)(C)OC. The number of esters is 1. The molecule has 0 bridgehead atoms. The Bertz CT molecular complexity index is 180. The Morgan fingerprint density at radius 2 is 2.00 bits per heavy atom. The van der Waals surface area contributed by atoms with E-state index in [0.717, 1.165) is 12.8 Å². The summed E-state index contributed by atoms with van der Waals surface area (Å²) in [5, 5.41) is 0. The quantitative estimate of drug-likeness (QED) is 0.390. The minimum atomic E-state index is -1.88. The molecule has 0 aliphatic heterocycles. The smallest absolute Gasteiger partial charge is 0.308 e. The van der Waals surface area contributed by atoms with Crippen LogP contribution in [0.4, 0.5) is 0 Å². The third-order valence-electron chi connectivity index (χ3n) is 2.66. The molecule has 1 unspecified atom stereocenters. The van der Waals surface area contributed by atoms with Crippen molar-refractivity contribution in [1.29, 1.82) is 0 Å². The molecule has 3 nitrogen and oxygen atoms in total. The molecule has 0 fully saturated rings. The van der Waals surface area contributed by atoms with E-state index < -0.39 is 8.32 Å². The second-order valence-electron chi connectivity index (χ2n) is 4.05. The largest absolute Gasteiger partial charge is 0.466 e. The zero-order valence-electron chi connectivity index (χ0n) is 9.92. The Labute approximate surface area is 87.9 Å². The molecule has 1 atom stereocenters. The summed E-state index contributed by atoms with van der Waals surface area (Å²) in [6, 6.07) is 0. The van der Waals surface area contributed by atoms with Crippen LogP contribution in [0.25, 0.3) is 0 Å². The van der Waals surface area contributed by atoms with E-state index >= 15 is 0 Å². The number of rotatable bonds is 6. The van der Waals surface area contributed by atoms with E-state index in [-0.39, 0.29) is 11.5 Å². The lowest BCUT2D eigenvalue weighted by molar-refractivity contribution is -0.143. The summed E-state index contributed by atoms with van der Waals surface area (Å²) in [5.41, 5.74) is -0.0932. The van der Waals surface area contributed by atoms with Gasteiger partial charge in [0.25, 0.3) is 0 Å². The van der Waals surface area contributed by atoms with E-state index in [0.29, 0.717) is 6.61 Å². The van der Waals surface area contributed by atoms with Crippen LogP contribution in [0.5, 0.6) is 0 Å². The molecule has 0 rings (SSSR count). The van der Waals surface area contributed by atoms with Crippen molar-refractivity contribution < 1.29 is 14.0 Å². The molecule has 14 heavy (non-hydrogen) atoms. The summed E-state index contributed by atoms with van der Waals surface area (Å²) < 4.78 is 10.5. The molecule has 0 amide bonds. The highest BCUT2D eigenvalue weighted by Crippen LogP contribution is 2.23. The zero-order valence-corrected chi connectivity index (χ0v) is 10.9. The Morgan fingerprint density at radius 1 is 1.43 bits per heavy atom. The average molecular weight is 218 g/mol. The monoisotopic (exact) mass is 218 g/mol. The van der Waals surface area contributed by atoms with Crippen LogP contribution < -0.4 is 0 Å². The minimum Gasteiger partial charge on any atom is -0.466 e. The van der Waals surface area contributed by atoms with Gasteiger partial charge in [-0.15, -0.1) is 0 Å². The number of hydrogen-bond donors (Lipinski definition) is 0. The van der Waals surface area contributed by atoms with Crippen molar-refractivity contribution in [3.8, 4) is 0 Å². The number of carbonyl (C=O) groups excluding carboxylic acids is 1. The van der Waals surface area contributed by atoms with Crippen LogP contribution >= 0.6 is 0 Å². The lowest BCUT2D eigenvalue weighted by Crippen LogP contribution is -2.38. The van der Waals surface area contributed by atoms with Crippen LogP contribution in [0.3, 0.4) is 0 Å². The van der Waals surface area contributed by atoms with Gasteiger partial charge in [-0.1, -0.05) is 20.3 Å². The normalized spacial score (nSPS) is 13.8. The average Bonchev–Trinajstić information content (AvgIpc) is 2.17. The van der Waals surface area contributed by atoms with Crippen molar-refractivity contribution in [2.45, 2.75) is 45.3 Å². The lowest BCUT2D eigenvalue weighted by Gasteiger charge is -2.25. The van der Waals surface area contributed by atoms with Gasteiger partial charge in [-0.3, -0.25) is 4.79 Å². The van der Waals surface area contributed by atoms with Gasteiger partial charge in [-0.25, -0.2) is 0 Å². The predicted molar refractivity (Wildman–Crippen MR) is 59.8 cm³/mol. The van der Waals surface area contributed by atoms with Crippen molar-refractivity contribution in [2.75, 3.05) is 13.7 Å². The van der Waals surface area contributed by atoms with Gasteiger partial charge in [-0.2, -0.15) is 0 Å². The lowest BCUT2D eigenvalue weighted by atomic mass is 10.4. The molecule has 0 saturated carbocycles. The van der Waals surface area contributed by atoms with Crippen LogP contribution in [0.15, 0.2) is 0 Å². The van der Waals surface area contributed by atoms with Crippen molar-refractivity contribution in [3.63, 3.8) is 0 Å². The molecule has 4 heteroatoms. The van der Waals surface area contributed by atoms with Crippen LogP contribution in [0.2, 0.25) is 18.6 Å². The topological polar surface area (TPSA) is 35.5 Å². The first kappa shape index (κ1) is 13.6. The third kappa shape index (κ3) is 4.24. The van der Waals surface area contributed by atoms with Crippen LogP contribution in [0.1, 0.15) is 26.7 Å². The van der Waals surface area contributed by atoms with Gasteiger partial charge in [0.15, 0.2) is 8.32 Å². The molecule has 0 aromatic heterocycles. The zero-order chi connectivity index (χ0) is 11.2. The van der Waals surface area contributed by atoms with Gasteiger partial charge in [0.05, 0.1) is 12.1 Å². The summed E-state index contributed by atoms with van der Waals surface area (Å²) in [5.74, 6) is -0.114. The van der Waals surface area contributed by atoms with E-state index in [1.165, 1.54) is 0 Å². The number of ether oxygens (including phenoxy) is 1. The maximum Gasteiger partial charge on any atom is 0.308 e. The molecule has 0 aromatic carbocycles. The molecule has 0 aliphatic carbocycles. The first-order valence-electron chi connectivity index (χ1n) is 5.17. The van der Waals surface area contributed by atoms with Gasteiger partial charge >= 0.3 is 5.97 Å². The van der Waals surface area contributed by atoms with E-state index in [4.69, 9.17) is 9.16 Å². The van der Waals surface area contributed by atoms with Crippen LogP contribution in [-0.2, 0) is 14.0 Å². The fraction of sp³-hybridized carbons (Fsp3) is 0.900. The Balaban J connectivity index is 3.99. The van der Waals surface area contributed by atoms with Gasteiger partial charge in [0.2, 0.25) is 0 Å². The highest BCUT2D eigenvalue weighted by molar-refractivity contribution is 6.75. The number of carbonyl (C=O) groups is 1. The van der Waals surface area contributed by atoms with Crippen LogP contribution in [0, 0.1) is 0 Å². The second-order valence-corrected chi connectivity index (χ2v) is 8.53. The van der Waals surface area contributed by atoms with Crippen molar-refractivity contribution in [2.24, 2.45) is 0 Å². The summed E-state index contributed by atoms with van der Waals surface area (Å²) in [7, 11) is -0.210. The highest BCUT2D eigenvalue weighted by atomic mass is 28.4. The van der Waals surface area contributed by atoms with Crippen molar-refractivity contribution >= 4 is 14.3 Å². The highest BCUT2D eigenvalue weighted by Gasteiger charge is 2.35. The Kier molecular flexibility index (Phi) is 6.03. The molecule has 0 heterocycles. The molecule has 0 aromatic rings. The summed E-state index contributed by atoms with van der Waals surface area (Å²) in [6.45, 7) is 8.56. The molecule has 0 aliphatic rings. The van der Waals surface area contributed by atoms with Gasteiger partial charge in [0, 0.05) is 7.11 Å². The maximum atomic E-state index is 11.6. The number of hydrogen-bond acceptors (Lipinski definition) is 3. The minimum absolute atomic E-state index is 0.0932. The Morgan fingerprint density at radius 3 is 2.43 bits per heavy atom. The molecular weight excluding hydrogens is 196 g/mol. The molecule has 0 saturated heterocycles. The van der Waals surface area contributed by atoms with E-state index in [2.05, 4.69) is 6.92 Å². The van der Waals surface area contributed by atoms with Gasteiger partial charge in [-0.05, 0) is 19.5 Å².